The van der Waals surface area contributed by atoms with Gasteiger partial charge in [-0.1, -0.05) is 18.7 Å². The van der Waals surface area contributed by atoms with Crippen molar-refractivity contribution in [1.29, 1.82) is 0 Å². The zero-order chi connectivity index (χ0) is 25.1. The van der Waals surface area contributed by atoms with Crippen LogP contribution in [0.3, 0.4) is 0 Å². The Morgan fingerprint density at radius 3 is 2.29 bits per heavy atom. The summed E-state index contributed by atoms with van der Waals surface area (Å²) in [6, 6.07) is 11.2. The molecule has 12 heteroatoms. The van der Waals surface area contributed by atoms with Gasteiger partial charge in [0.05, 0.1) is 5.75 Å². The number of nitrogens with two attached hydrogens (primary N) is 1. The maximum Gasteiger partial charge on any atom is 0.329 e. The van der Waals surface area contributed by atoms with Gasteiger partial charge in [-0.3, -0.25) is 23.7 Å². The minimum absolute atomic E-state index is 0.196. The van der Waals surface area contributed by atoms with Crippen LogP contribution in [0.2, 0.25) is 0 Å². The minimum Gasteiger partial charge on any atom is -0.384 e. The second-order valence-electron chi connectivity index (χ2n) is 7.51. The number of aromatic nitrogens is 5. The molecule has 4 rings (SSSR count). The van der Waals surface area contributed by atoms with Gasteiger partial charge >= 0.3 is 5.69 Å². The number of Topliss-reactive ketones (excluding diaryl/α,β-unsaturated/α-hetero) is 1. The van der Waals surface area contributed by atoms with Crippen molar-refractivity contribution < 1.29 is 13.6 Å². The molecular formula is C23H20F2N6O3S. The van der Waals surface area contributed by atoms with Crippen LogP contribution in [-0.4, -0.2) is 35.9 Å². The molecule has 0 saturated heterocycles. The third-order valence-corrected chi connectivity index (χ3v) is 6.05. The van der Waals surface area contributed by atoms with Crippen LogP contribution >= 0.6 is 11.8 Å². The number of nitrogens with zero attached hydrogens (tertiary/aromatic N) is 4. The molecular weight excluding hydrogens is 478 g/mol. The Balaban J connectivity index is 1.70. The molecule has 0 aliphatic heterocycles. The molecule has 0 spiro atoms. The van der Waals surface area contributed by atoms with Crippen LogP contribution < -0.4 is 17.0 Å². The Morgan fingerprint density at radius 2 is 1.66 bits per heavy atom. The lowest BCUT2D eigenvalue weighted by Gasteiger charge is -2.12. The number of anilines is 1. The van der Waals surface area contributed by atoms with Crippen LogP contribution in [0.1, 0.15) is 23.7 Å². The first kappa shape index (κ1) is 24.1. The van der Waals surface area contributed by atoms with E-state index in [2.05, 4.69) is 15.2 Å². The molecule has 0 unspecified atom stereocenters. The first-order chi connectivity index (χ1) is 16.8. The second kappa shape index (κ2) is 10.1. The number of ketones is 1. The van der Waals surface area contributed by atoms with E-state index in [1.54, 1.807) is 4.57 Å². The summed E-state index contributed by atoms with van der Waals surface area (Å²) in [6.07, 6.45) is 0.575. The Hall–Kier alpha value is -4.06. The molecule has 0 radical (unpaired) electrons. The first-order valence-electron chi connectivity index (χ1n) is 10.6. The number of hydrogen-bond acceptors (Lipinski definition) is 7. The molecule has 35 heavy (non-hydrogen) atoms. The largest absolute Gasteiger partial charge is 0.384 e. The summed E-state index contributed by atoms with van der Waals surface area (Å²) in [5.74, 6) is -1.55. The van der Waals surface area contributed by atoms with Crippen molar-refractivity contribution in [3.8, 4) is 17.1 Å². The molecule has 0 aliphatic carbocycles. The van der Waals surface area contributed by atoms with E-state index in [0.29, 0.717) is 23.5 Å². The number of aromatic amines is 1. The van der Waals surface area contributed by atoms with Crippen molar-refractivity contribution in [3.05, 3.63) is 86.6 Å². The Morgan fingerprint density at radius 1 is 1.03 bits per heavy atom. The molecule has 0 fully saturated rings. The van der Waals surface area contributed by atoms with E-state index < -0.39 is 28.7 Å². The van der Waals surface area contributed by atoms with Gasteiger partial charge in [0.15, 0.2) is 16.8 Å². The van der Waals surface area contributed by atoms with E-state index in [0.717, 1.165) is 16.3 Å². The van der Waals surface area contributed by atoms with Crippen LogP contribution in [0.15, 0.2) is 63.3 Å². The van der Waals surface area contributed by atoms with Crippen LogP contribution in [0.5, 0.6) is 0 Å². The molecule has 4 aromatic rings. The van der Waals surface area contributed by atoms with E-state index in [9.17, 15) is 23.2 Å². The van der Waals surface area contributed by atoms with Crippen LogP contribution in [0.25, 0.3) is 17.1 Å². The Labute approximate surface area is 201 Å². The maximum absolute atomic E-state index is 13.5. The van der Waals surface area contributed by atoms with Gasteiger partial charge < -0.3 is 5.73 Å². The van der Waals surface area contributed by atoms with Gasteiger partial charge in [-0.05, 0) is 55.0 Å². The lowest BCUT2D eigenvalue weighted by molar-refractivity contribution is 0.102. The van der Waals surface area contributed by atoms with Crippen molar-refractivity contribution in [2.24, 2.45) is 0 Å². The van der Waals surface area contributed by atoms with E-state index >= 15 is 0 Å². The highest BCUT2D eigenvalue weighted by atomic mass is 32.2. The summed E-state index contributed by atoms with van der Waals surface area (Å²) in [4.78, 5) is 39.4. The number of nitrogens with one attached hydrogen (secondary N) is 1. The smallest absolute Gasteiger partial charge is 0.329 e. The molecule has 180 valence electrons. The number of carbonyl (C=O) groups is 1. The zero-order valence-corrected chi connectivity index (χ0v) is 19.3. The van der Waals surface area contributed by atoms with Crippen molar-refractivity contribution in [1.82, 2.24) is 24.3 Å². The van der Waals surface area contributed by atoms with Crippen molar-refractivity contribution >= 4 is 23.4 Å². The Bertz CT molecular complexity index is 1490. The van der Waals surface area contributed by atoms with Crippen LogP contribution in [0.4, 0.5) is 14.6 Å². The van der Waals surface area contributed by atoms with Gasteiger partial charge in [0.2, 0.25) is 0 Å². The summed E-state index contributed by atoms with van der Waals surface area (Å²) in [6.45, 7) is 2.07. The molecule has 2 aromatic heterocycles. The standard InChI is InChI=1S/C23H20F2N6O3S/c1-2-11-30-19(26)18(21(33)27-22(30)34)17(32)12-35-23-29-28-20(13-3-5-14(24)6-4-13)31(23)16-9-7-15(25)8-10-16/h3-10H,2,11-12,26H2,1H3,(H,27,33,34). The number of thioether (sulfide) groups is 1. The van der Waals surface area contributed by atoms with Gasteiger partial charge in [-0.25, -0.2) is 13.6 Å². The third kappa shape index (κ3) is 4.92. The predicted molar refractivity (Wildman–Crippen MR) is 128 cm³/mol. The van der Waals surface area contributed by atoms with Crippen LogP contribution in [-0.2, 0) is 6.54 Å². The molecule has 2 heterocycles. The van der Waals surface area contributed by atoms with E-state index in [1.165, 1.54) is 48.5 Å². The lowest BCUT2D eigenvalue weighted by Crippen LogP contribution is -2.36. The highest BCUT2D eigenvalue weighted by molar-refractivity contribution is 7.99. The van der Waals surface area contributed by atoms with Gasteiger partial charge in [-0.2, -0.15) is 0 Å². The van der Waals surface area contributed by atoms with E-state index in [-0.39, 0.29) is 28.8 Å². The topological polar surface area (TPSA) is 129 Å². The number of halogens is 2. The fourth-order valence-electron chi connectivity index (χ4n) is 3.48. The predicted octanol–water partition coefficient (Wildman–Crippen LogP) is 3.03. The molecule has 0 aliphatic rings. The highest BCUT2D eigenvalue weighted by Crippen LogP contribution is 2.28. The van der Waals surface area contributed by atoms with Gasteiger partial charge in [-0.15, -0.1) is 10.2 Å². The number of rotatable bonds is 8. The fourth-order valence-corrected chi connectivity index (χ4v) is 4.30. The monoisotopic (exact) mass is 498 g/mol. The first-order valence-corrected chi connectivity index (χ1v) is 11.5. The zero-order valence-electron chi connectivity index (χ0n) is 18.5. The number of H-pyrrole nitrogens is 1. The number of carbonyl (C=O) groups excluding carboxylic acids is 1. The van der Waals surface area contributed by atoms with Crippen molar-refractivity contribution in [2.45, 2.75) is 25.0 Å². The van der Waals surface area contributed by atoms with Gasteiger partial charge in [0, 0.05) is 17.8 Å². The number of nitrogen functional groups attached to an aromatic ring is 1. The summed E-state index contributed by atoms with van der Waals surface area (Å²) in [5.41, 5.74) is 5.19. The third-order valence-electron chi connectivity index (χ3n) is 5.12. The molecule has 0 bridgehead atoms. The summed E-state index contributed by atoms with van der Waals surface area (Å²) in [7, 11) is 0. The van der Waals surface area contributed by atoms with Gasteiger partial charge in [0.1, 0.15) is 23.0 Å². The molecule has 0 saturated carbocycles. The molecule has 2 aromatic carbocycles. The van der Waals surface area contributed by atoms with Gasteiger partial charge in [0.25, 0.3) is 5.56 Å². The fraction of sp³-hybridized carbons (Fsp3) is 0.174. The maximum atomic E-state index is 13.5. The molecule has 9 nitrogen and oxygen atoms in total. The van der Waals surface area contributed by atoms with Crippen LogP contribution in [0, 0.1) is 11.6 Å². The summed E-state index contributed by atoms with van der Waals surface area (Å²) in [5, 5.41) is 8.61. The minimum atomic E-state index is -0.863. The second-order valence-corrected chi connectivity index (χ2v) is 8.45. The quantitative estimate of drug-likeness (QED) is 0.282. The van der Waals surface area contributed by atoms with E-state index in [1.807, 2.05) is 6.92 Å². The average Bonchev–Trinajstić information content (AvgIpc) is 3.25. The normalized spacial score (nSPS) is 11.1. The van der Waals surface area contributed by atoms with E-state index in [4.69, 9.17) is 5.73 Å². The SMILES string of the molecule is CCCn1c(N)c(C(=O)CSc2nnc(-c3ccc(F)cc3)n2-c2ccc(F)cc2)c(=O)[nH]c1=O. The van der Waals surface area contributed by atoms with Crippen molar-refractivity contribution in [2.75, 3.05) is 11.5 Å². The summed E-state index contributed by atoms with van der Waals surface area (Å²) < 4.78 is 29.7. The number of benzene rings is 2. The molecule has 0 atom stereocenters. The lowest BCUT2D eigenvalue weighted by atomic mass is 10.2. The summed E-state index contributed by atoms with van der Waals surface area (Å²) >= 11 is 0.985. The highest BCUT2D eigenvalue weighted by Gasteiger charge is 2.22. The average molecular weight is 499 g/mol. The van der Waals surface area contributed by atoms with Crippen molar-refractivity contribution in [3.63, 3.8) is 0 Å². The Kier molecular flexibility index (Phi) is 6.92. The molecule has 0 amide bonds. The number of hydrogen-bond donors (Lipinski definition) is 2. The molecule has 3 N–H and O–H groups in total.